The molecule has 2 N–H and O–H groups in total. The molecule has 1 saturated heterocycles. The van der Waals surface area contributed by atoms with Crippen LogP contribution in [0.5, 0.6) is 0 Å². The molecule has 2 heterocycles. The van der Waals surface area contributed by atoms with Crippen LogP contribution in [0.3, 0.4) is 0 Å². The number of imidazole rings is 1. The number of piperazine rings is 1. The number of aromatic nitrogens is 2. The predicted octanol–water partition coefficient (Wildman–Crippen LogP) is 4.68. The molecule has 2 saturated carbocycles. The summed E-state index contributed by atoms with van der Waals surface area (Å²) in [5.74, 6) is -0.219. The number of hydrogen-bond acceptors (Lipinski definition) is 6. The number of hydrogen-bond donors (Lipinski definition) is 2. The van der Waals surface area contributed by atoms with Crippen LogP contribution in [-0.2, 0) is 9.53 Å². The zero-order valence-electron chi connectivity index (χ0n) is 26.3. The molecule has 0 radical (unpaired) electrons. The van der Waals surface area contributed by atoms with Crippen molar-refractivity contribution in [3.63, 3.8) is 0 Å². The molecule has 3 atom stereocenters. The maximum absolute atomic E-state index is 14.5. The number of anilines is 1. The summed E-state index contributed by atoms with van der Waals surface area (Å²) in [5.41, 5.74) is 1.38. The summed E-state index contributed by atoms with van der Waals surface area (Å²) >= 11 is 0. The van der Waals surface area contributed by atoms with E-state index in [-0.39, 0.29) is 55.7 Å². The van der Waals surface area contributed by atoms with Crippen LogP contribution >= 0.6 is 0 Å². The van der Waals surface area contributed by atoms with Crippen molar-refractivity contribution in [3.8, 4) is 11.3 Å². The van der Waals surface area contributed by atoms with E-state index < -0.39 is 17.7 Å². The van der Waals surface area contributed by atoms with Gasteiger partial charge in [0, 0.05) is 50.5 Å². The molecule has 3 aromatic rings. The fourth-order valence-corrected chi connectivity index (χ4v) is 7.14. The first-order chi connectivity index (χ1) is 22.3. The molecule has 11 nitrogen and oxygen atoms in total. The van der Waals surface area contributed by atoms with Crippen LogP contribution in [0.15, 0.2) is 67.0 Å². The van der Waals surface area contributed by atoms with Gasteiger partial charge in [-0.2, -0.15) is 0 Å². The van der Waals surface area contributed by atoms with Crippen LogP contribution in [0.1, 0.15) is 61.5 Å². The number of rotatable bonds is 10. The van der Waals surface area contributed by atoms with Gasteiger partial charge in [-0.3, -0.25) is 9.59 Å². The van der Waals surface area contributed by atoms with Gasteiger partial charge in [0.05, 0.1) is 30.7 Å². The summed E-state index contributed by atoms with van der Waals surface area (Å²) in [6.07, 6.45) is 5.88. The Bertz CT molecular complexity index is 1520. The molecule has 46 heavy (non-hydrogen) atoms. The summed E-state index contributed by atoms with van der Waals surface area (Å²) in [6.45, 7) is 1.05. The lowest BCUT2D eigenvalue weighted by molar-refractivity contribution is -0.119. The van der Waals surface area contributed by atoms with Gasteiger partial charge in [0.2, 0.25) is 5.91 Å². The monoisotopic (exact) mass is 629 g/mol. The minimum atomic E-state index is -1.11. The molecule has 3 amide bonds. The van der Waals surface area contributed by atoms with Crippen LogP contribution in [0.25, 0.3) is 11.3 Å². The van der Waals surface area contributed by atoms with Gasteiger partial charge in [0.1, 0.15) is 5.60 Å². The van der Waals surface area contributed by atoms with Crippen molar-refractivity contribution >= 4 is 23.6 Å². The van der Waals surface area contributed by atoms with Gasteiger partial charge in [-0.1, -0.05) is 61.4 Å². The Hall–Kier alpha value is -4.22. The number of carboxylic acid groups (broad SMARTS) is 1. The van der Waals surface area contributed by atoms with E-state index in [1.165, 1.54) is 4.90 Å². The zero-order chi connectivity index (χ0) is 32.3. The second-order valence-electron chi connectivity index (χ2n) is 12.8. The number of ether oxygens (including phenoxy) is 1. The third-order valence-electron chi connectivity index (χ3n) is 9.69. The Morgan fingerprint density at radius 1 is 1.00 bits per heavy atom. The Morgan fingerprint density at radius 2 is 1.72 bits per heavy atom. The highest BCUT2D eigenvalue weighted by molar-refractivity contribution is 5.99. The van der Waals surface area contributed by atoms with Crippen molar-refractivity contribution in [1.82, 2.24) is 19.4 Å². The quantitative estimate of drug-likeness (QED) is 0.333. The maximum atomic E-state index is 14.5. The van der Waals surface area contributed by atoms with Gasteiger partial charge >= 0.3 is 6.09 Å². The van der Waals surface area contributed by atoms with Crippen molar-refractivity contribution < 1.29 is 29.3 Å². The van der Waals surface area contributed by atoms with Gasteiger partial charge in [-0.25, -0.2) is 9.78 Å². The predicted molar refractivity (Wildman–Crippen MR) is 173 cm³/mol. The summed E-state index contributed by atoms with van der Waals surface area (Å²) < 4.78 is 7.39. The molecule has 0 unspecified atom stereocenters. The fourth-order valence-electron chi connectivity index (χ4n) is 7.14. The molecule has 1 aliphatic heterocycles. The summed E-state index contributed by atoms with van der Waals surface area (Å²) in [4.78, 5) is 49.5. The number of aliphatic hydroxyl groups is 1. The van der Waals surface area contributed by atoms with Gasteiger partial charge < -0.3 is 34.2 Å². The van der Waals surface area contributed by atoms with E-state index in [2.05, 4.69) is 4.98 Å². The second kappa shape index (κ2) is 13.6. The van der Waals surface area contributed by atoms with Crippen molar-refractivity contribution in [3.05, 3.63) is 72.7 Å². The number of nitrogens with zero attached hydrogens (tertiary/aromatic N) is 5. The Balaban J connectivity index is 1.33. The zero-order valence-corrected chi connectivity index (χ0v) is 26.3. The first-order valence-corrected chi connectivity index (χ1v) is 16.3. The highest BCUT2D eigenvalue weighted by Crippen LogP contribution is 2.41. The topological polar surface area (TPSA) is 128 Å². The van der Waals surface area contributed by atoms with E-state index in [1.807, 2.05) is 65.2 Å². The molecule has 3 fully saturated rings. The van der Waals surface area contributed by atoms with E-state index in [4.69, 9.17) is 4.74 Å². The van der Waals surface area contributed by atoms with Crippen molar-refractivity contribution in [2.24, 2.45) is 5.92 Å². The van der Waals surface area contributed by atoms with Gasteiger partial charge in [0.15, 0.2) is 5.69 Å². The average molecular weight is 630 g/mol. The number of methoxy groups -OCH3 is 1. The van der Waals surface area contributed by atoms with Crippen LogP contribution in [0.4, 0.5) is 10.5 Å². The molecule has 11 heteroatoms. The van der Waals surface area contributed by atoms with Gasteiger partial charge in [-0.15, -0.1) is 0 Å². The normalized spacial score (nSPS) is 23.3. The van der Waals surface area contributed by atoms with Gasteiger partial charge in [-0.05, 0) is 44.2 Å². The Morgan fingerprint density at radius 3 is 2.39 bits per heavy atom. The molecule has 2 aliphatic carbocycles. The first-order valence-electron chi connectivity index (χ1n) is 16.3. The van der Waals surface area contributed by atoms with E-state index in [0.29, 0.717) is 31.5 Å². The van der Waals surface area contributed by atoms with Crippen molar-refractivity contribution in [1.29, 1.82) is 0 Å². The minimum Gasteiger partial charge on any atom is -0.465 e. The molecule has 244 valence electrons. The van der Waals surface area contributed by atoms with Crippen LogP contribution < -0.4 is 4.90 Å². The summed E-state index contributed by atoms with van der Waals surface area (Å²) in [7, 11) is 1.58. The molecular weight excluding hydrogens is 586 g/mol. The standard InChI is InChI=1S/C35H43N5O6/c1-46-23-35(45)18-9-8-14-29(35)40-24-36-30(31(40)25-10-4-2-5-11-25)33(42)39-21-20-37(34(43)44)22-28(39)17-19-38(32(41)26-15-16-26)27-12-6-3-7-13-27/h2-7,10-13,24,26,28-29,45H,8-9,14-23H2,1H3,(H,43,44)/t28-,29-,35-/m1/s1. The third-order valence-corrected chi connectivity index (χ3v) is 9.69. The lowest BCUT2D eigenvalue weighted by Gasteiger charge is -2.41. The Kier molecular flexibility index (Phi) is 9.42. The Labute approximate surface area is 269 Å². The minimum absolute atomic E-state index is 0.00810. The number of benzene rings is 2. The van der Waals surface area contributed by atoms with Gasteiger partial charge in [0.25, 0.3) is 5.91 Å². The number of amides is 3. The molecule has 1 aromatic heterocycles. The van der Waals surface area contributed by atoms with E-state index >= 15 is 0 Å². The van der Waals surface area contributed by atoms with Crippen molar-refractivity contribution in [2.45, 2.75) is 62.6 Å². The highest BCUT2D eigenvalue weighted by Gasteiger charge is 2.43. The summed E-state index contributed by atoms with van der Waals surface area (Å²) in [6, 6.07) is 18.3. The van der Waals surface area contributed by atoms with E-state index in [1.54, 1.807) is 23.2 Å². The largest absolute Gasteiger partial charge is 0.465 e. The molecular formula is C35H43N5O6. The second-order valence-corrected chi connectivity index (χ2v) is 12.8. The number of carbonyl (C=O) groups is 3. The maximum Gasteiger partial charge on any atom is 0.407 e. The third kappa shape index (κ3) is 6.52. The lowest BCUT2D eigenvalue weighted by Crippen LogP contribution is -2.57. The highest BCUT2D eigenvalue weighted by atomic mass is 16.5. The van der Waals surface area contributed by atoms with E-state index in [9.17, 15) is 24.6 Å². The lowest BCUT2D eigenvalue weighted by atomic mass is 9.80. The molecule has 3 aliphatic rings. The van der Waals surface area contributed by atoms with Crippen LogP contribution in [0, 0.1) is 5.92 Å². The summed E-state index contributed by atoms with van der Waals surface area (Å²) in [5, 5.41) is 21.6. The van der Waals surface area contributed by atoms with Crippen LogP contribution in [0.2, 0.25) is 0 Å². The molecule has 0 bridgehead atoms. The van der Waals surface area contributed by atoms with Crippen molar-refractivity contribution in [2.75, 3.05) is 44.8 Å². The average Bonchev–Trinajstić information content (AvgIpc) is 3.84. The molecule has 6 rings (SSSR count). The van der Waals surface area contributed by atoms with E-state index in [0.717, 1.165) is 36.9 Å². The molecule has 0 spiro atoms. The fraction of sp³-hybridized carbons (Fsp3) is 0.486. The molecule has 2 aromatic carbocycles. The smallest absolute Gasteiger partial charge is 0.407 e. The number of carbonyl (C=O) groups excluding carboxylic acids is 2. The van der Waals surface area contributed by atoms with Crippen LogP contribution in [-0.4, -0.2) is 99.0 Å². The SMILES string of the molecule is COC[C@]1(O)CCCC[C@H]1n1cnc(C(=O)N2CCN(C(=O)O)C[C@H]2CCN(C(=O)C2CC2)c2ccccc2)c1-c1ccccc1. The first kappa shape index (κ1) is 31.7. The number of para-hydroxylation sites is 1.